The molecule has 4 aromatic rings. The SMILES string of the molecule is NC(=O)C1(C(Cc2cccc(F)c2)NC(=O)c2cccnc2-n2ccc(-c3ccccc3OC(F)(F)F)n2)OC=CO1. The number of hydrogen-bond acceptors (Lipinski definition) is 7. The number of pyridine rings is 1. The minimum atomic E-state index is -4.92. The van der Waals surface area contributed by atoms with Gasteiger partial charge in [-0.1, -0.05) is 24.3 Å². The topological polar surface area (TPSA) is 131 Å². The van der Waals surface area contributed by atoms with Crippen LogP contribution in [0.2, 0.25) is 0 Å². The Morgan fingerprint density at radius 2 is 1.81 bits per heavy atom. The minimum absolute atomic E-state index is 0.0134. The van der Waals surface area contributed by atoms with Gasteiger partial charge in [-0.2, -0.15) is 5.10 Å². The van der Waals surface area contributed by atoms with E-state index in [0.29, 0.717) is 5.56 Å². The summed E-state index contributed by atoms with van der Waals surface area (Å²) in [5.41, 5.74) is 6.15. The first-order chi connectivity index (χ1) is 20.1. The second kappa shape index (κ2) is 11.2. The molecule has 0 aliphatic carbocycles. The maximum absolute atomic E-state index is 13.9. The molecule has 3 N–H and O–H groups in total. The predicted molar refractivity (Wildman–Crippen MR) is 138 cm³/mol. The molecular weight excluding hydrogens is 562 g/mol. The lowest BCUT2D eigenvalue weighted by Gasteiger charge is -2.33. The molecule has 1 aliphatic rings. The third kappa shape index (κ3) is 5.87. The molecule has 1 unspecified atom stereocenters. The standard InChI is InChI=1S/C28H21F4N5O5/c29-18-6-3-5-17(15-18)16-23(27(26(33)39)40-13-14-41-27)35-25(38)20-8-4-11-34-24(20)37-12-10-21(36-37)19-7-1-2-9-22(19)42-28(30,31)32/h1-15,23H,16H2,(H2,33,39)(H,35,38). The smallest absolute Gasteiger partial charge is 0.447 e. The average molecular weight is 583 g/mol. The molecule has 2 aromatic heterocycles. The van der Waals surface area contributed by atoms with Crippen LogP contribution in [-0.2, 0) is 20.7 Å². The van der Waals surface area contributed by atoms with Gasteiger partial charge in [0.2, 0.25) is 0 Å². The molecule has 0 spiro atoms. The summed E-state index contributed by atoms with van der Waals surface area (Å²) in [5.74, 6) is -4.92. The average Bonchev–Trinajstić information content (AvgIpc) is 3.64. The number of carbonyl (C=O) groups excluding carboxylic acids is 2. The van der Waals surface area contributed by atoms with Gasteiger partial charge in [0.25, 0.3) is 5.91 Å². The Morgan fingerprint density at radius 3 is 2.52 bits per heavy atom. The number of carbonyl (C=O) groups is 2. The summed E-state index contributed by atoms with van der Waals surface area (Å²) in [4.78, 5) is 30.3. The van der Waals surface area contributed by atoms with Crippen LogP contribution in [0, 0.1) is 5.82 Å². The molecule has 0 saturated heterocycles. The number of amides is 2. The normalized spacial score (nSPS) is 14.5. The molecule has 216 valence electrons. The molecule has 10 nitrogen and oxygen atoms in total. The Morgan fingerprint density at radius 1 is 1.05 bits per heavy atom. The number of nitrogens with zero attached hydrogens (tertiary/aromatic N) is 3. The fourth-order valence-corrected chi connectivity index (χ4v) is 4.39. The van der Waals surface area contributed by atoms with Crippen molar-refractivity contribution in [2.24, 2.45) is 5.73 Å². The van der Waals surface area contributed by atoms with E-state index in [9.17, 15) is 27.2 Å². The highest BCUT2D eigenvalue weighted by molar-refractivity contribution is 5.98. The zero-order chi connectivity index (χ0) is 29.9. The highest BCUT2D eigenvalue weighted by Crippen LogP contribution is 2.33. The molecule has 2 amide bonds. The molecule has 2 aromatic carbocycles. The van der Waals surface area contributed by atoms with Gasteiger partial charge in [0.05, 0.1) is 11.3 Å². The number of alkyl halides is 3. The van der Waals surface area contributed by atoms with E-state index in [1.54, 1.807) is 6.07 Å². The number of ether oxygens (including phenoxy) is 3. The Hall–Kier alpha value is -5.40. The van der Waals surface area contributed by atoms with Crippen molar-refractivity contribution in [3.8, 4) is 22.8 Å². The second-order valence-corrected chi connectivity index (χ2v) is 8.96. The molecule has 0 fully saturated rings. The number of para-hydroxylation sites is 1. The van der Waals surface area contributed by atoms with Gasteiger partial charge >= 0.3 is 18.1 Å². The molecule has 14 heteroatoms. The molecule has 0 saturated carbocycles. The van der Waals surface area contributed by atoms with Gasteiger partial charge in [-0.05, 0) is 48.0 Å². The summed E-state index contributed by atoms with van der Waals surface area (Å²) in [7, 11) is 0. The summed E-state index contributed by atoms with van der Waals surface area (Å²) >= 11 is 0. The predicted octanol–water partition coefficient (Wildman–Crippen LogP) is 4.01. The van der Waals surface area contributed by atoms with Crippen LogP contribution in [0.3, 0.4) is 0 Å². The fourth-order valence-electron chi connectivity index (χ4n) is 4.39. The van der Waals surface area contributed by atoms with E-state index >= 15 is 0 Å². The van der Waals surface area contributed by atoms with E-state index in [1.165, 1.54) is 71.7 Å². The van der Waals surface area contributed by atoms with E-state index in [0.717, 1.165) is 18.6 Å². The maximum atomic E-state index is 13.9. The van der Waals surface area contributed by atoms with Gasteiger partial charge < -0.3 is 25.3 Å². The zero-order valence-corrected chi connectivity index (χ0v) is 21.4. The third-order valence-electron chi connectivity index (χ3n) is 6.20. The number of rotatable bonds is 9. The second-order valence-electron chi connectivity index (χ2n) is 8.96. The number of primary amides is 1. The van der Waals surface area contributed by atoms with Crippen LogP contribution in [0.4, 0.5) is 17.6 Å². The molecule has 0 radical (unpaired) electrons. The van der Waals surface area contributed by atoms with Crippen molar-refractivity contribution in [1.82, 2.24) is 20.1 Å². The first-order valence-corrected chi connectivity index (χ1v) is 12.3. The van der Waals surface area contributed by atoms with Crippen molar-refractivity contribution >= 4 is 11.8 Å². The number of benzene rings is 2. The molecule has 0 bridgehead atoms. The van der Waals surface area contributed by atoms with Crippen LogP contribution < -0.4 is 15.8 Å². The lowest BCUT2D eigenvalue weighted by atomic mass is 9.97. The van der Waals surface area contributed by atoms with Crippen molar-refractivity contribution in [3.05, 3.63) is 109 Å². The summed E-state index contributed by atoms with van der Waals surface area (Å²) in [6, 6.07) is 14.0. The molecule has 1 aliphatic heterocycles. The van der Waals surface area contributed by atoms with Gasteiger partial charge in [-0.25, -0.2) is 14.1 Å². The van der Waals surface area contributed by atoms with Crippen LogP contribution in [0.15, 0.2) is 91.6 Å². The van der Waals surface area contributed by atoms with Crippen molar-refractivity contribution in [1.29, 1.82) is 0 Å². The van der Waals surface area contributed by atoms with Crippen LogP contribution in [0.25, 0.3) is 17.1 Å². The summed E-state index contributed by atoms with van der Waals surface area (Å²) in [6.07, 6.45) is -0.0617. The highest BCUT2D eigenvalue weighted by atomic mass is 19.4. The summed E-state index contributed by atoms with van der Waals surface area (Å²) in [5, 5.41) is 6.98. The monoisotopic (exact) mass is 583 g/mol. The van der Waals surface area contributed by atoms with Crippen LogP contribution in [-0.4, -0.2) is 44.8 Å². The van der Waals surface area contributed by atoms with Crippen molar-refractivity contribution in [2.45, 2.75) is 24.6 Å². The Labute approximate surface area is 235 Å². The lowest BCUT2D eigenvalue weighted by Crippen LogP contribution is -2.61. The number of nitrogens with two attached hydrogens (primary N) is 1. The number of hydrogen-bond donors (Lipinski definition) is 2. The zero-order valence-electron chi connectivity index (χ0n) is 21.4. The van der Waals surface area contributed by atoms with Crippen molar-refractivity contribution in [2.75, 3.05) is 0 Å². The Kier molecular flexibility index (Phi) is 7.53. The van der Waals surface area contributed by atoms with E-state index < -0.39 is 41.6 Å². The first-order valence-electron chi connectivity index (χ1n) is 12.3. The van der Waals surface area contributed by atoms with Crippen molar-refractivity contribution < 1.29 is 41.4 Å². The van der Waals surface area contributed by atoms with Crippen molar-refractivity contribution in [3.63, 3.8) is 0 Å². The first kappa shape index (κ1) is 28.1. The third-order valence-corrected chi connectivity index (χ3v) is 6.20. The van der Waals surface area contributed by atoms with Gasteiger partial charge in [0.15, 0.2) is 5.82 Å². The molecule has 3 heterocycles. The van der Waals surface area contributed by atoms with Crippen LogP contribution in [0.5, 0.6) is 5.75 Å². The van der Waals surface area contributed by atoms with E-state index in [1.807, 2.05) is 0 Å². The number of nitrogens with one attached hydrogen (secondary N) is 1. The van der Waals surface area contributed by atoms with Gasteiger partial charge in [0.1, 0.15) is 30.1 Å². The van der Waals surface area contributed by atoms with Gasteiger partial charge in [-0.3, -0.25) is 9.59 Å². The summed E-state index contributed by atoms with van der Waals surface area (Å²) < 4.78 is 68.8. The minimum Gasteiger partial charge on any atom is -0.447 e. The lowest BCUT2D eigenvalue weighted by molar-refractivity contribution is -0.274. The quantitative estimate of drug-likeness (QED) is 0.285. The number of halogens is 4. The van der Waals surface area contributed by atoms with Crippen LogP contribution >= 0.6 is 0 Å². The fraction of sp³-hybridized carbons (Fsp3) is 0.143. The Balaban J connectivity index is 1.47. The van der Waals surface area contributed by atoms with Gasteiger partial charge in [0, 0.05) is 24.4 Å². The molecular formula is C28H21F4N5O5. The summed E-state index contributed by atoms with van der Waals surface area (Å²) in [6.45, 7) is 0. The largest absolute Gasteiger partial charge is 0.573 e. The molecule has 5 rings (SSSR count). The van der Waals surface area contributed by atoms with E-state index in [2.05, 4.69) is 20.1 Å². The van der Waals surface area contributed by atoms with E-state index in [4.69, 9.17) is 15.2 Å². The molecule has 1 atom stereocenters. The highest BCUT2D eigenvalue weighted by Gasteiger charge is 2.51. The molecule has 42 heavy (non-hydrogen) atoms. The maximum Gasteiger partial charge on any atom is 0.573 e. The van der Waals surface area contributed by atoms with Gasteiger partial charge in [-0.15, -0.1) is 13.2 Å². The number of aromatic nitrogens is 3. The van der Waals surface area contributed by atoms with E-state index in [-0.39, 0.29) is 29.1 Å². The van der Waals surface area contributed by atoms with Crippen LogP contribution in [0.1, 0.15) is 15.9 Å². The Bertz CT molecular complexity index is 1650.